The number of ether oxygens (including phenoxy) is 1. The number of anilines is 1. The van der Waals surface area contributed by atoms with Crippen LogP contribution in [0, 0.1) is 5.82 Å². The molecule has 0 aliphatic rings. The molecule has 0 heterocycles. The molecule has 0 saturated carbocycles. The topological polar surface area (TPSA) is 52.3 Å². The van der Waals surface area contributed by atoms with Crippen LogP contribution in [-0.2, 0) is 6.42 Å². The van der Waals surface area contributed by atoms with E-state index in [1.165, 1.54) is 19.2 Å². The number of nitrogens with two attached hydrogens (primary N) is 1. The normalized spacial score (nSPS) is 10.2. The van der Waals surface area contributed by atoms with E-state index < -0.39 is 5.82 Å². The van der Waals surface area contributed by atoms with E-state index in [0.29, 0.717) is 11.4 Å². The third kappa shape index (κ3) is 3.10. The van der Waals surface area contributed by atoms with Gasteiger partial charge >= 0.3 is 0 Å². The monoisotopic (exact) mass is 259 g/mol. The van der Waals surface area contributed by atoms with Crippen LogP contribution in [-0.4, -0.2) is 12.9 Å². The molecule has 0 bridgehead atoms. The number of rotatable bonds is 4. The Hall–Kier alpha value is -2.36. The summed E-state index contributed by atoms with van der Waals surface area (Å²) in [6.45, 7) is 0. The van der Waals surface area contributed by atoms with Gasteiger partial charge in [-0.15, -0.1) is 0 Å². The summed E-state index contributed by atoms with van der Waals surface area (Å²) in [7, 11) is 1.45. The van der Waals surface area contributed by atoms with E-state index in [0.717, 1.165) is 5.56 Å². The summed E-state index contributed by atoms with van der Waals surface area (Å²) >= 11 is 0. The van der Waals surface area contributed by atoms with Gasteiger partial charge in [0.05, 0.1) is 12.7 Å². The van der Waals surface area contributed by atoms with E-state index in [4.69, 9.17) is 10.5 Å². The first-order valence-electron chi connectivity index (χ1n) is 5.81. The predicted octanol–water partition coefficient (Wildman–Crippen LogP) is 2.84. The van der Waals surface area contributed by atoms with Crippen LogP contribution in [0.2, 0.25) is 0 Å². The van der Waals surface area contributed by atoms with Gasteiger partial charge in [-0.1, -0.05) is 12.1 Å². The number of benzene rings is 2. The summed E-state index contributed by atoms with van der Waals surface area (Å²) in [5.41, 5.74) is 7.06. The second-order valence-corrected chi connectivity index (χ2v) is 4.19. The quantitative estimate of drug-likeness (QED) is 0.678. The molecule has 0 aliphatic carbocycles. The number of halogens is 1. The Morgan fingerprint density at radius 1 is 1.21 bits per heavy atom. The number of hydrogen-bond donors (Lipinski definition) is 1. The third-order valence-electron chi connectivity index (χ3n) is 2.82. The van der Waals surface area contributed by atoms with Crippen molar-refractivity contribution in [2.75, 3.05) is 12.8 Å². The number of carbonyl (C=O) groups is 1. The zero-order valence-electron chi connectivity index (χ0n) is 10.5. The standard InChI is InChI=1S/C15H14FNO2/c1-19-12-6-7-13(14(16)9-12)15(18)8-10-2-4-11(17)5-3-10/h2-7,9H,8,17H2,1H3. The predicted molar refractivity (Wildman–Crippen MR) is 71.8 cm³/mol. The average molecular weight is 259 g/mol. The minimum absolute atomic E-state index is 0.0672. The smallest absolute Gasteiger partial charge is 0.170 e. The Kier molecular flexibility index (Phi) is 3.80. The zero-order chi connectivity index (χ0) is 13.8. The molecule has 3 nitrogen and oxygen atoms in total. The lowest BCUT2D eigenvalue weighted by atomic mass is 10.0. The maximum atomic E-state index is 13.7. The summed E-state index contributed by atoms with van der Waals surface area (Å²) in [6.07, 6.45) is 0.142. The lowest BCUT2D eigenvalue weighted by Crippen LogP contribution is -2.06. The van der Waals surface area contributed by atoms with Gasteiger partial charge in [0.1, 0.15) is 11.6 Å². The van der Waals surface area contributed by atoms with Gasteiger partial charge in [0, 0.05) is 18.2 Å². The number of carbonyl (C=O) groups excluding carboxylic acids is 1. The molecule has 0 aliphatic heterocycles. The summed E-state index contributed by atoms with van der Waals surface area (Å²) in [4.78, 5) is 12.0. The largest absolute Gasteiger partial charge is 0.497 e. The number of Topliss-reactive ketones (excluding diaryl/α,β-unsaturated/α-hetero) is 1. The molecule has 98 valence electrons. The van der Waals surface area contributed by atoms with Crippen molar-refractivity contribution in [2.24, 2.45) is 0 Å². The third-order valence-corrected chi connectivity index (χ3v) is 2.82. The van der Waals surface area contributed by atoms with Crippen LogP contribution < -0.4 is 10.5 Å². The first-order valence-corrected chi connectivity index (χ1v) is 5.81. The Bertz CT molecular complexity index is 594. The average Bonchev–Trinajstić information content (AvgIpc) is 2.41. The van der Waals surface area contributed by atoms with Crippen LogP contribution in [0.4, 0.5) is 10.1 Å². The van der Waals surface area contributed by atoms with Crippen LogP contribution in [0.15, 0.2) is 42.5 Å². The Morgan fingerprint density at radius 3 is 2.47 bits per heavy atom. The maximum Gasteiger partial charge on any atom is 0.170 e. The van der Waals surface area contributed by atoms with E-state index in [1.807, 2.05) is 0 Å². The maximum absolute atomic E-state index is 13.7. The molecule has 0 atom stereocenters. The summed E-state index contributed by atoms with van der Waals surface area (Å²) in [5, 5.41) is 0. The highest BCUT2D eigenvalue weighted by Crippen LogP contribution is 2.18. The number of methoxy groups -OCH3 is 1. The molecule has 0 unspecified atom stereocenters. The van der Waals surface area contributed by atoms with Crippen molar-refractivity contribution in [3.63, 3.8) is 0 Å². The van der Waals surface area contributed by atoms with E-state index >= 15 is 0 Å². The van der Waals surface area contributed by atoms with E-state index in [1.54, 1.807) is 30.3 Å². The molecule has 0 aromatic heterocycles. The van der Waals surface area contributed by atoms with Gasteiger partial charge < -0.3 is 10.5 Å². The zero-order valence-corrected chi connectivity index (χ0v) is 10.5. The minimum Gasteiger partial charge on any atom is -0.497 e. The molecule has 2 aromatic carbocycles. The van der Waals surface area contributed by atoms with Gasteiger partial charge in [-0.3, -0.25) is 4.79 Å². The molecule has 0 fully saturated rings. The highest BCUT2D eigenvalue weighted by molar-refractivity contribution is 5.97. The van der Waals surface area contributed by atoms with Crippen LogP contribution in [0.1, 0.15) is 15.9 Å². The molecule has 2 N–H and O–H groups in total. The highest BCUT2D eigenvalue weighted by atomic mass is 19.1. The first kappa shape index (κ1) is 13.1. The van der Waals surface area contributed by atoms with E-state index in [2.05, 4.69) is 0 Å². The Morgan fingerprint density at radius 2 is 1.89 bits per heavy atom. The van der Waals surface area contributed by atoms with E-state index in [-0.39, 0.29) is 17.8 Å². The van der Waals surface area contributed by atoms with Crippen molar-refractivity contribution in [2.45, 2.75) is 6.42 Å². The van der Waals surface area contributed by atoms with Crippen molar-refractivity contribution < 1.29 is 13.9 Å². The highest BCUT2D eigenvalue weighted by Gasteiger charge is 2.13. The van der Waals surface area contributed by atoms with Crippen molar-refractivity contribution in [1.29, 1.82) is 0 Å². The second-order valence-electron chi connectivity index (χ2n) is 4.19. The number of ketones is 1. The SMILES string of the molecule is COc1ccc(C(=O)Cc2ccc(N)cc2)c(F)c1. The molecular weight excluding hydrogens is 245 g/mol. The number of hydrogen-bond acceptors (Lipinski definition) is 3. The van der Waals surface area contributed by atoms with Crippen LogP contribution >= 0.6 is 0 Å². The fourth-order valence-electron chi connectivity index (χ4n) is 1.77. The summed E-state index contributed by atoms with van der Waals surface area (Å²) in [5.74, 6) is -0.453. The Labute approximate surface area is 110 Å². The van der Waals surface area contributed by atoms with Crippen LogP contribution in [0.3, 0.4) is 0 Å². The van der Waals surface area contributed by atoms with Gasteiger partial charge in [0.25, 0.3) is 0 Å². The summed E-state index contributed by atoms with van der Waals surface area (Å²) in [6, 6.07) is 11.2. The van der Waals surface area contributed by atoms with Gasteiger partial charge in [0.2, 0.25) is 0 Å². The fourth-order valence-corrected chi connectivity index (χ4v) is 1.77. The number of nitrogen functional groups attached to an aromatic ring is 1. The molecule has 19 heavy (non-hydrogen) atoms. The van der Waals surface area contributed by atoms with Crippen molar-refractivity contribution >= 4 is 11.5 Å². The lowest BCUT2D eigenvalue weighted by Gasteiger charge is -2.05. The van der Waals surface area contributed by atoms with Gasteiger partial charge in [-0.05, 0) is 29.8 Å². The Balaban J connectivity index is 2.18. The molecule has 0 spiro atoms. The van der Waals surface area contributed by atoms with Crippen molar-refractivity contribution in [3.8, 4) is 5.75 Å². The molecule has 2 rings (SSSR count). The lowest BCUT2D eigenvalue weighted by molar-refractivity contribution is 0.0989. The van der Waals surface area contributed by atoms with Gasteiger partial charge in [0.15, 0.2) is 5.78 Å². The minimum atomic E-state index is -0.570. The van der Waals surface area contributed by atoms with Gasteiger partial charge in [-0.25, -0.2) is 4.39 Å². The molecule has 2 aromatic rings. The molecule has 0 amide bonds. The van der Waals surface area contributed by atoms with Crippen LogP contribution in [0.25, 0.3) is 0 Å². The fraction of sp³-hybridized carbons (Fsp3) is 0.133. The second kappa shape index (κ2) is 5.52. The molecular formula is C15H14FNO2. The molecule has 0 saturated heterocycles. The van der Waals surface area contributed by atoms with Gasteiger partial charge in [-0.2, -0.15) is 0 Å². The molecule has 0 radical (unpaired) electrons. The van der Waals surface area contributed by atoms with Crippen LogP contribution in [0.5, 0.6) is 5.75 Å². The van der Waals surface area contributed by atoms with Crippen molar-refractivity contribution in [1.82, 2.24) is 0 Å². The molecule has 4 heteroatoms. The first-order chi connectivity index (χ1) is 9.10. The van der Waals surface area contributed by atoms with E-state index in [9.17, 15) is 9.18 Å². The summed E-state index contributed by atoms with van der Waals surface area (Å²) < 4.78 is 18.6. The van der Waals surface area contributed by atoms with Crippen molar-refractivity contribution in [3.05, 3.63) is 59.4 Å².